The molecule has 0 atom stereocenters. The summed E-state index contributed by atoms with van der Waals surface area (Å²) in [5.41, 5.74) is 0.0834. The first-order chi connectivity index (χ1) is 6.77. The monoisotopic (exact) mass is 200 g/mol. The Bertz CT molecular complexity index is 302. The third-order valence-corrected chi connectivity index (χ3v) is 1.35. The summed E-state index contributed by atoms with van der Waals surface area (Å²) < 4.78 is 20.9. The van der Waals surface area contributed by atoms with E-state index < -0.39 is 12.6 Å². The zero-order valence-electron chi connectivity index (χ0n) is 7.57. The predicted molar refractivity (Wildman–Crippen MR) is 44.8 cm³/mol. The van der Waals surface area contributed by atoms with Crippen LogP contribution in [0.5, 0.6) is 5.88 Å². The fourth-order valence-corrected chi connectivity index (χ4v) is 0.744. The molecule has 0 amide bonds. The van der Waals surface area contributed by atoms with Gasteiger partial charge in [-0.1, -0.05) is 0 Å². The van der Waals surface area contributed by atoms with Crippen LogP contribution in [-0.4, -0.2) is 36.3 Å². The molecule has 0 bridgehead atoms. The normalized spacial score (nSPS) is 9.57. The fourth-order valence-electron chi connectivity index (χ4n) is 0.744. The minimum absolute atomic E-state index is 0.0771. The number of nitrogens with zero attached hydrogens (tertiary/aromatic N) is 2. The van der Waals surface area contributed by atoms with Crippen LogP contribution in [0.15, 0.2) is 12.4 Å². The number of ether oxygens (including phenoxy) is 2. The lowest BCUT2D eigenvalue weighted by Crippen LogP contribution is -2.06. The minimum Gasteiger partial charge on any atom is -0.474 e. The molecule has 0 fully saturated rings. The Balaban J connectivity index is 2.63. The van der Waals surface area contributed by atoms with Gasteiger partial charge in [0.2, 0.25) is 5.88 Å². The van der Waals surface area contributed by atoms with E-state index in [0.717, 1.165) is 0 Å². The van der Waals surface area contributed by atoms with E-state index in [-0.39, 0.29) is 18.2 Å². The average molecular weight is 200 g/mol. The highest BCUT2D eigenvalue weighted by Crippen LogP contribution is 2.04. The van der Waals surface area contributed by atoms with Crippen molar-refractivity contribution in [2.24, 2.45) is 0 Å². The number of alkyl halides is 1. The number of esters is 1. The first-order valence-corrected chi connectivity index (χ1v) is 3.87. The van der Waals surface area contributed by atoms with Crippen LogP contribution in [0.25, 0.3) is 0 Å². The topological polar surface area (TPSA) is 61.3 Å². The molecular weight excluding hydrogens is 191 g/mol. The molecule has 0 saturated carbocycles. The first-order valence-electron chi connectivity index (χ1n) is 3.87. The van der Waals surface area contributed by atoms with E-state index in [1.807, 2.05) is 0 Å². The largest absolute Gasteiger partial charge is 0.474 e. The van der Waals surface area contributed by atoms with E-state index in [1.165, 1.54) is 19.5 Å². The van der Waals surface area contributed by atoms with Crippen molar-refractivity contribution in [3.8, 4) is 5.88 Å². The van der Waals surface area contributed by atoms with Gasteiger partial charge < -0.3 is 9.47 Å². The summed E-state index contributed by atoms with van der Waals surface area (Å²) in [6, 6.07) is 0. The minimum atomic E-state index is -0.597. The van der Waals surface area contributed by atoms with E-state index in [4.69, 9.17) is 4.74 Å². The lowest BCUT2D eigenvalue weighted by atomic mass is 10.4. The third kappa shape index (κ3) is 2.65. The lowest BCUT2D eigenvalue weighted by Gasteiger charge is -2.01. The van der Waals surface area contributed by atoms with Crippen molar-refractivity contribution in [1.82, 2.24) is 9.97 Å². The fraction of sp³-hybridized carbons (Fsp3) is 0.375. The maximum Gasteiger partial charge on any atom is 0.358 e. The SMILES string of the molecule is COC(=O)c1cnc(OCCF)cn1. The summed E-state index contributed by atoms with van der Waals surface area (Å²) in [6.45, 7) is -0.674. The molecule has 0 aliphatic heterocycles. The van der Waals surface area contributed by atoms with Crippen LogP contribution in [-0.2, 0) is 4.74 Å². The van der Waals surface area contributed by atoms with Crippen LogP contribution < -0.4 is 4.74 Å². The summed E-state index contributed by atoms with van der Waals surface area (Å²) >= 11 is 0. The predicted octanol–water partition coefficient (Wildman–Crippen LogP) is 0.611. The first kappa shape index (κ1) is 10.4. The van der Waals surface area contributed by atoms with Crippen LogP contribution in [0, 0.1) is 0 Å². The van der Waals surface area contributed by atoms with Crippen LogP contribution in [0.1, 0.15) is 10.5 Å². The van der Waals surface area contributed by atoms with Gasteiger partial charge in [-0.15, -0.1) is 0 Å². The van der Waals surface area contributed by atoms with Gasteiger partial charge in [0.05, 0.1) is 19.5 Å². The molecule has 1 aromatic rings. The maximum absolute atomic E-state index is 11.7. The van der Waals surface area contributed by atoms with Crippen molar-refractivity contribution in [3.05, 3.63) is 18.1 Å². The highest BCUT2D eigenvalue weighted by Gasteiger charge is 2.07. The molecule has 0 aliphatic rings. The molecular formula is C8H9FN2O3. The Morgan fingerprint density at radius 2 is 2.29 bits per heavy atom. The Labute approximate surface area is 79.9 Å². The Kier molecular flexibility index (Phi) is 3.78. The third-order valence-electron chi connectivity index (χ3n) is 1.35. The van der Waals surface area contributed by atoms with E-state index in [9.17, 15) is 9.18 Å². The number of rotatable bonds is 4. The van der Waals surface area contributed by atoms with Gasteiger partial charge >= 0.3 is 5.97 Å². The van der Waals surface area contributed by atoms with Crippen LogP contribution in [0.2, 0.25) is 0 Å². The average Bonchev–Trinajstić information content (AvgIpc) is 2.26. The second-order valence-electron chi connectivity index (χ2n) is 2.27. The van der Waals surface area contributed by atoms with Gasteiger partial charge in [0, 0.05) is 0 Å². The number of hydrogen-bond acceptors (Lipinski definition) is 5. The molecule has 1 aromatic heterocycles. The van der Waals surface area contributed by atoms with Crippen LogP contribution in [0.3, 0.4) is 0 Å². The van der Waals surface area contributed by atoms with E-state index >= 15 is 0 Å². The highest BCUT2D eigenvalue weighted by molar-refractivity contribution is 5.86. The molecule has 14 heavy (non-hydrogen) atoms. The Hall–Kier alpha value is -1.72. The van der Waals surface area contributed by atoms with Crippen molar-refractivity contribution < 1.29 is 18.7 Å². The molecule has 0 radical (unpaired) electrons. The summed E-state index contributed by atoms with van der Waals surface area (Å²) in [5, 5.41) is 0. The van der Waals surface area contributed by atoms with Crippen molar-refractivity contribution in [2.45, 2.75) is 0 Å². The van der Waals surface area contributed by atoms with Gasteiger partial charge in [-0.2, -0.15) is 0 Å². The van der Waals surface area contributed by atoms with Crippen LogP contribution >= 0.6 is 0 Å². The number of carbonyl (C=O) groups excluding carboxylic acids is 1. The Morgan fingerprint density at radius 1 is 1.50 bits per heavy atom. The number of methoxy groups -OCH3 is 1. The molecule has 6 heteroatoms. The van der Waals surface area contributed by atoms with Gasteiger partial charge in [-0.25, -0.2) is 19.2 Å². The van der Waals surface area contributed by atoms with Gasteiger partial charge in [-0.3, -0.25) is 0 Å². The van der Waals surface area contributed by atoms with Gasteiger partial charge in [0.25, 0.3) is 0 Å². The number of aromatic nitrogens is 2. The quantitative estimate of drug-likeness (QED) is 0.666. The maximum atomic E-state index is 11.7. The van der Waals surface area contributed by atoms with Gasteiger partial charge in [-0.05, 0) is 0 Å². The summed E-state index contributed by atoms with van der Waals surface area (Å²) in [7, 11) is 1.25. The van der Waals surface area contributed by atoms with E-state index in [0.29, 0.717) is 0 Å². The molecule has 5 nitrogen and oxygen atoms in total. The van der Waals surface area contributed by atoms with Crippen molar-refractivity contribution >= 4 is 5.97 Å². The zero-order chi connectivity index (χ0) is 10.4. The highest BCUT2D eigenvalue weighted by atomic mass is 19.1. The molecule has 0 saturated heterocycles. The number of hydrogen-bond donors (Lipinski definition) is 0. The standard InChI is InChI=1S/C8H9FN2O3/c1-13-8(12)6-4-11-7(5-10-6)14-3-2-9/h4-5H,2-3H2,1H3. The summed E-state index contributed by atoms with van der Waals surface area (Å²) in [4.78, 5) is 18.4. The second kappa shape index (κ2) is 5.11. The smallest absolute Gasteiger partial charge is 0.358 e. The molecule has 1 rings (SSSR count). The van der Waals surface area contributed by atoms with Crippen molar-refractivity contribution in [2.75, 3.05) is 20.4 Å². The second-order valence-corrected chi connectivity index (χ2v) is 2.27. The number of carbonyl (C=O) groups is 1. The van der Waals surface area contributed by atoms with Gasteiger partial charge in [0.1, 0.15) is 13.3 Å². The zero-order valence-corrected chi connectivity index (χ0v) is 7.57. The number of halogens is 1. The Morgan fingerprint density at radius 3 is 2.79 bits per heavy atom. The molecule has 76 valence electrons. The molecule has 0 aliphatic carbocycles. The molecule has 0 spiro atoms. The molecule has 0 aromatic carbocycles. The van der Waals surface area contributed by atoms with Crippen molar-refractivity contribution in [1.29, 1.82) is 0 Å². The molecule has 1 heterocycles. The van der Waals surface area contributed by atoms with Gasteiger partial charge in [0.15, 0.2) is 5.69 Å². The summed E-state index contributed by atoms with van der Waals surface area (Å²) in [5.74, 6) is -0.398. The molecule has 0 unspecified atom stereocenters. The van der Waals surface area contributed by atoms with Crippen molar-refractivity contribution in [3.63, 3.8) is 0 Å². The molecule has 0 N–H and O–H groups in total. The summed E-state index contributed by atoms with van der Waals surface area (Å²) in [6.07, 6.45) is 2.45. The van der Waals surface area contributed by atoms with E-state index in [1.54, 1.807) is 0 Å². The van der Waals surface area contributed by atoms with Crippen LogP contribution in [0.4, 0.5) is 4.39 Å². The lowest BCUT2D eigenvalue weighted by molar-refractivity contribution is 0.0593. The van der Waals surface area contributed by atoms with E-state index in [2.05, 4.69) is 14.7 Å².